The van der Waals surface area contributed by atoms with Crippen LogP contribution in [-0.4, -0.2) is 37.6 Å². The lowest BCUT2D eigenvalue weighted by atomic mass is 9.76. The van der Waals surface area contributed by atoms with E-state index in [1.807, 2.05) is 0 Å². The molecule has 0 aromatic heterocycles. The van der Waals surface area contributed by atoms with Crippen LogP contribution in [0.4, 0.5) is 0 Å². The van der Waals surface area contributed by atoms with Gasteiger partial charge in [-0.1, -0.05) is 41.9 Å². The first-order valence-electron chi connectivity index (χ1n) is 8.11. The van der Waals surface area contributed by atoms with Crippen LogP contribution in [0.3, 0.4) is 0 Å². The molecule has 1 atom stereocenters. The van der Waals surface area contributed by atoms with Crippen molar-refractivity contribution in [3.05, 3.63) is 34.3 Å². The van der Waals surface area contributed by atoms with Gasteiger partial charge >= 0.3 is 0 Å². The second-order valence-corrected chi connectivity index (χ2v) is 7.99. The van der Waals surface area contributed by atoms with E-state index in [0.717, 1.165) is 18.4 Å². The summed E-state index contributed by atoms with van der Waals surface area (Å²) in [6, 6.07) is 10.2. The highest BCUT2D eigenvalue weighted by Gasteiger charge is 2.30. The number of rotatable bonds is 7. The lowest BCUT2D eigenvalue weighted by Gasteiger charge is -2.38. The molecule has 0 saturated heterocycles. The Balaban J connectivity index is 1.73. The van der Waals surface area contributed by atoms with Crippen LogP contribution in [0.5, 0.6) is 0 Å². The predicted octanol–water partition coefficient (Wildman–Crippen LogP) is 4.26. The minimum Gasteiger partial charge on any atom is -0.312 e. The maximum atomic E-state index is 3.77. The summed E-state index contributed by atoms with van der Waals surface area (Å²) in [6.45, 7) is 5.73. The van der Waals surface area contributed by atoms with Crippen LogP contribution in [0.1, 0.15) is 44.6 Å². The molecule has 0 spiro atoms. The van der Waals surface area contributed by atoms with E-state index in [4.69, 9.17) is 0 Å². The Labute approximate surface area is 138 Å². The summed E-state index contributed by atoms with van der Waals surface area (Å²) >= 11 is 3.50. The zero-order valence-electron chi connectivity index (χ0n) is 13.8. The van der Waals surface area contributed by atoms with E-state index in [9.17, 15) is 0 Å². The van der Waals surface area contributed by atoms with Crippen molar-refractivity contribution < 1.29 is 0 Å². The van der Waals surface area contributed by atoms with Gasteiger partial charge < -0.3 is 10.2 Å². The lowest BCUT2D eigenvalue weighted by Crippen LogP contribution is -2.47. The molecule has 1 N–H and O–H groups in total. The third kappa shape index (κ3) is 5.08. The van der Waals surface area contributed by atoms with Gasteiger partial charge in [-0.15, -0.1) is 0 Å². The summed E-state index contributed by atoms with van der Waals surface area (Å²) in [5, 5.41) is 3.77. The summed E-state index contributed by atoms with van der Waals surface area (Å²) in [5.41, 5.74) is 1.49. The number of likely N-dealkylation sites (N-methyl/N-ethyl adjacent to an activating group) is 1. The molecule has 1 aliphatic carbocycles. The number of halogens is 1. The first kappa shape index (κ1) is 17.0. The van der Waals surface area contributed by atoms with E-state index in [2.05, 4.69) is 78.4 Å². The SMILES string of the molecule is CC(C)CC(CNC1CC(c2ccc(Br)cc2)C1)N(C)C. The first-order valence-corrected chi connectivity index (χ1v) is 8.90. The Bertz CT molecular complexity index is 421. The Kier molecular flexibility index (Phi) is 6.27. The summed E-state index contributed by atoms with van der Waals surface area (Å²) in [4.78, 5) is 2.36. The van der Waals surface area contributed by atoms with E-state index in [-0.39, 0.29) is 0 Å². The van der Waals surface area contributed by atoms with E-state index < -0.39 is 0 Å². The fourth-order valence-corrected chi connectivity index (χ4v) is 3.38. The standard InChI is InChI=1S/C18H29BrN2/c1-13(2)9-18(21(3)4)12-20-17-10-15(11-17)14-5-7-16(19)8-6-14/h5-8,13,15,17-18,20H,9-12H2,1-4H3. The molecule has 0 bridgehead atoms. The molecular weight excluding hydrogens is 324 g/mol. The molecule has 0 heterocycles. The number of nitrogens with one attached hydrogen (secondary N) is 1. The van der Waals surface area contributed by atoms with Crippen molar-refractivity contribution in [3.8, 4) is 0 Å². The van der Waals surface area contributed by atoms with Gasteiger partial charge in [0.2, 0.25) is 0 Å². The van der Waals surface area contributed by atoms with Gasteiger partial charge in [0.05, 0.1) is 0 Å². The maximum absolute atomic E-state index is 3.77. The monoisotopic (exact) mass is 352 g/mol. The summed E-state index contributed by atoms with van der Waals surface area (Å²) < 4.78 is 1.17. The molecule has 1 aliphatic rings. The second kappa shape index (κ2) is 7.75. The zero-order chi connectivity index (χ0) is 15.4. The molecule has 0 aliphatic heterocycles. The Morgan fingerprint density at radius 3 is 2.33 bits per heavy atom. The van der Waals surface area contributed by atoms with Crippen LogP contribution in [0.25, 0.3) is 0 Å². The van der Waals surface area contributed by atoms with Crippen molar-refractivity contribution >= 4 is 15.9 Å². The van der Waals surface area contributed by atoms with Crippen molar-refractivity contribution in [1.29, 1.82) is 0 Å². The molecule has 1 saturated carbocycles. The fraction of sp³-hybridized carbons (Fsp3) is 0.667. The number of nitrogens with zero attached hydrogens (tertiary/aromatic N) is 1. The molecule has 0 radical (unpaired) electrons. The van der Waals surface area contributed by atoms with Crippen molar-refractivity contribution in [2.24, 2.45) is 5.92 Å². The fourth-order valence-electron chi connectivity index (χ4n) is 3.12. The largest absolute Gasteiger partial charge is 0.312 e. The van der Waals surface area contributed by atoms with Gasteiger partial charge in [-0.25, -0.2) is 0 Å². The third-order valence-electron chi connectivity index (χ3n) is 4.60. The molecule has 3 heteroatoms. The molecule has 1 unspecified atom stereocenters. The average molecular weight is 353 g/mol. The maximum Gasteiger partial charge on any atom is 0.0217 e. The molecular formula is C18H29BrN2. The molecule has 118 valence electrons. The van der Waals surface area contributed by atoms with Crippen molar-refractivity contribution in [2.75, 3.05) is 20.6 Å². The average Bonchev–Trinajstić information content (AvgIpc) is 2.36. The van der Waals surface area contributed by atoms with E-state index in [0.29, 0.717) is 12.1 Å². The van der Waals surface area contributed by atoms with Crippen molar-refractivity contribution in [3.63, 3.8) is 0 Å². The number of hydrogen-bond acceptors (Lipinski definition) is 2. The molecule has 1 aromatic rings. The third-order valence-corrected chi connectivity index (χ3v) is 5.12. The number of hydrogen-bond donors (Lipinski definition) is 1. The van der Waals surface area contributed by atoms with Gasteiger partial charge in [0, 0.05) is 23.1 Å². The predicted molar refractivity (Wildman–Crippen MR) is 94.8 cm³/mol. The molecule has 21 heavy (non-hydrogen) atoms. The van der Waals surface area contributed by atoms with Crippen LogP contribution in [0.15, 0.2) is 28.7 Å². The van der Waals surface area contributed by atoms with E-state index in [1.165, 1.54) is 29.3 Å². The minimum atomic E-state index is 0.650. The van der Waals surface area contributed by atoms with Gasteiger partial charge in [0.25, 0.3) is 0 Å². The summed E-state index contributed by atoms with van der Waals surface area (Å²) in [7, 11) is 4.39. The van der Waals surface area contributed by atoms with Gasteiger partial charge in [0.15, 0.2) is 0 Å². The number of benzene rings is 1. The van der Waals surface area contributed by atoms with Crippen LogP contribution in [0, 0.1) is 5.92 Å². The molecule has 2 nitrogen and oxygen atoms in total. The highest BCUT2D eigenvalue weighted by molar-refractivity contribution is 9.10. The van der Waals surface area contributed by atoms with Gasteiger partial charge in [-0.05, 0) is 62.9 Å². The summed E-state index contributed by atoms with van der Waals surface area (Å²) in [5.74, 6) is 1.51. The smallest absolute Gasteiger partial charge is 0.0217 e. The molecule has 0 amide bonds. The van der Waals surface area contributed by atoms with Gasteiger partial charge in [-0.2, -0.15) is 0 Å². The van der Waals surface area contributed by atoms with E-state index >= 15 is 0 Å². The lowest BCUT2D eigenvalue weighted by molar-refractivity contribution is 0.214. The highest BCUT2D eigenvalue weighted by atomic mass is 79.9. The second-order valence-electron chi connectivity index (χ2n) is 7.07. The van der Waals surface area contributed by atoms with E-state index in [1.54, 1.807) is 0 Å². The van der Waals surface area contributed by atoms with Crippen LogP contribution < -0.4 is 5.32 Å². The minimum absolute atomic E-state index is 0.650. The first-order chi connectivity index (χ1) is 9.95. The van der Waals surface area contributed by atoms with Crippen LogP contribution >= 0.6 is 15.9 Å². The molecule has 1 aromatic carbocycles. The quantitative estimate of drug-likeness (QED) is 0.788. The topological polar surface area (TPSA) is 15.3 Å². The normalized spacial score (nSPS) is 23.4. The zero-order valence-corrected chi connectivity index (χ0v) is 15.4. The Morgan fingerprint density at radius 2 is 1.81 bits per heavy atom. The van der Waals surface area contributed by atoms with Gasteiger partial charge in [0.1, 0.15) is 0 Å². The summed E-state index contributed by atoms with van der Waals surface area (Å²) in [6.07, 6.45) is 3.83. The van der Waals surface area contributed by atoms with Crippen LogP contribution in [0.2, 0.25) is 0 Å². The molecule has 1 fully saturated rings. The Hall–Kier alpha value is -0.380. The van der Waals surface area contributed by atoms with Crippen molar-refractivity contribution in [2.45, 2.75) is 51.1 Å². The highest BCUT2D eigenvalue weighted by Crippen LogP contribution is 2.37. The van der Waals surface area contributed by atoms with Crippen molar-refractivity contribution in [1.82, 2.24) is 10.2 Å². The van der Waals surface area contributed by atoms with Crippen LogP contribution in [-0.2, 0) is 0 Å². The Morgan fingerprint density at radius 1 is 1.19 bits per heavy atom. The molecule has 2 rings (SSSR count). The van der Waals surface area contributed by atoms with Gasteiger partial charge in [-0.3, -0.25) is 0 Å².